The molecule has 6 rings (SSSR count). The van der Waals surface area contributed by atoms with Gasteiger partial charge in [-0.25, -0.2) is 0 Å². The molecule has 2 amide bonds. The van der Waals surface area contributed by atoms with Crippen LogP contribution in [0.2, 0.25) is 10.0 Å². The molecular formula is C35H41Cl2N3O3. The third kappa shape index (κ3) is 6.25. The average Bonchev–Trinajstić information content (AvgIpc) is 3.78. The molecule has 8 heteroatoms. The van der Waals surface area contributed by atoms with E-state index in [0.29, 0.717) is 28.1 Å². The molecule has 43 heavy (non-hydrogen) atoms. The van der Waals surface area contributed by atoms with Gasteiger partial charge < -0.3 is 19.1 Å². The zero-order valence-electron chi connectivity index (χ0n) is 24.8. The first kappa shape index (κ1) is 30.2. The molecule has 0 radical (unpaired) electrons. The van der Waals surface area contributed by atoms with Gasteiger partial charge in [0.05, 0.1) is 27.3 Å². The van der Waals surface area contributed by atoms with Crippen LogP contribution in [0.15, 0.2) is 71.5 Å². The SMILES string of the molecule is O=C(c1ccoc1)N1CCCC(CCCN2CCC(C(=O)N3CCCC3)(c3ccccc3)CC2)(c2ccc(Cl)c(Cl)c2)C1. The van der Waals surface area contributed by atoms with Crippen LogP contribution in [0.5, 0.6) is 0 Å². The Morgan fingerprint density at radius 1 is 0.791 bits per heavy atom. The van der Waals surface area contributed by atoms with Gasteiger partial charge in [0.2, 0.25) is 5.91 Å². The standard InChI is InChI=1S/C35H41Cl2N3O3/c36-30-11-10-29(24-31(30)37)34(14-7-20-40(26-34)32(41)27-12-23-43-25-27)13-6-17-38-21-15-35(16-22-38,28-8-2-1-3-9-28)33(42)39-18-4-5-19-39/h1-3,8-12,23-25H,4-7,13-22,26H2. The molecule has 1 atom stereocenters. The molecule has 3 fully saturated rings. The van der Waals surface area contributed by atoms with Crippen molar-refractivity contribution in [2.45, 2.75) is 62.2 Å². The largest absolute Gasteiger partial charge is 0.472 e. The van der Waals surface area contributed by atoms with Crippen molar-refractivity contribution >= 4 is 35.0 Å². The van der Waals surface area contributed by atoms with Gasteiger partial charge in [-0.15, -0.1) is 0 Å². The van der Waals surface area contributed by atoms with Crippen LogP contribution in [0.1, 0.15) is 72.9 Å². The molecule has 228 valence electrons. The number of benzene rings is 2. The molecule has 4 heterocycles. The molecule has 3 aliphatic heterocycles. The smallest absolute Gasteiger partial charge is 0.257 e. The molecule has 0 saturated carbocycles. The molecule has 3 saturated heterocycles. The Labute approximate surface area is 264 Å². The van der Waals surface area contributed by atoms with Crippen molar-refractivity contribution in [1.82, 2.24) is 14.7 Å². The Hall–Kier alpha value is -2.80. The number of carbonyl (C=O) groups excluding carboxylic acids is 2. The lowest BCUT2D eigenvalue weighted by Crippen LogP contribution is -2.52. The third-order valence-corrected chi connectivity index (χ3v) is 10.9. The lowest BCUT2D eigenvalue weighted by molar-refractivity contribution is -0.138. The predicted octanol–water partition coefficient (Wildman–Crippen LogP) is 7.20. The highest BCUT2D eigenvalue weighted by molar-refractivity contribution is 6.42. The first-order valence-electron chi connectivity index (χ1n) is 15.7. The molecule has 1 unspecified atom stereocenters. The fourth-order valence-corrected chi connectivity index (χ4v) is 7.99. The minimum absolute atomic E-state index is 0.00818. The first-order valence-corrected chi connectivity index (χ1v) is 16.5. The van der Waals surface area contributed by atoms with Gasteiger partial charge in [-0.2, -0.15) is 0 Å². The maximum Gasteiger partial charge on any atom is 0.257 e. The molecule has 6 nitrogen and oxygen atoms in total. The summed E-state index contributed by atoms with van der Waals surface area (Å²) in [4.78, 5) is 33.8. The van der Waals surface area contributed by atoms with Crippen LogP contribution in [0, 0.1) is 0 Å². The number of carbonyl (C=O) groups is 2. The Bertz CT molecular complexity index is 1400. The van der Waals surface area contributed by atoms with E-state index in [2.05, 4.69) is 40.1 Å². The third-order valence-electron chi connectivity index (χ3n) is 10.1. The van der Waals surface area contributed by atoms with Crippen molar-refractivity contribution in [3.8, 4) is 0 Å². The van der Waals surface area contributed by atoms with E-state index in [9.17, 15) is 9.59 Å². The summed E-state index contributed by atoms with van der Waals surface area (Å²) in [6.45, 7) is 5.89. The zero-order chi connectivity index (χ0) is 29.9. The van der Waals surface area contributed by atoms with Crippen LogP contribution >= 0.6 is 23.2 Å². The van der Waals surface area contributed by atoms with E-state index in [0.717, 1.165) is 102 Å². The maximum atomic E-state index is 13.9. The van der Waals surface area contributed by atoms with Gasteiger partial charge in [-0.1, -0.05) is 59.6 Å². The number of hydrogen-bond acceptors (Lipinski definition) is 4. The second kappa shape index (κ2) is 13.1. The van der Waals surface area contributed by atoms with Crippen molar-refractivity contribution in [3.05, 3.63) is 93.9 Å². The zero-order valence-corrected chi connectivity index (χ0v) is 26.3. The van der Waals surface area contributed by atoms with Gasteiger partial charge in [0, 0.05) is 31.6 Å². The summed E-state index contributed by atoms with van der Waals surface area (Å²) in [7, 11) is 0. The molecule has 1 aromatic heterocycles. The van der Waals surface area contributed by atoms with Crippen LogP contribution in [-0.4, -0.2) is 72.3 Å². The highest BCUT2D eigenvalue weighted by Crippen LogP contribution is 2.42. The van der Waals surface area contributed by atoms with Crippen molar-refractivity contribution < 1.29 is 14.0 Å². The average molecular weight is 623 g/mol. The Kier molecular flexibility index (Phi) is 9.18. The van der Waals surface area contributed by atoms with E-state index in [1.54, 1.807) is 12.3 Å². The molecule has 2 aromatic carbocycles. The molecular weight excluding hydrogens is 581 g/mol. The van der Waals surface area contributed by atoms with Gasteiger partial charge in [-0.3, -0.25) is 9.59 Å². The van der Waals surface area contributed by atoms with Gasteiger partial charge in [0.15, 0.2) is 0 Å². The van der Waals surface area contributed by atoms with Crippen LogP contribution in [0.3, 0.4) is 0 Å². The number of furan rings is 1. The van der Waals surface area contributed by atoms with E-state index < -0.39 is 5.41 Å². The number of nitrogens with zero attached hydrogens (tertiary/aromatic N) is 3. The number of amides is 2. The molecule has 0 bridgehead atoms. The number of halogens is 2. The summed E-state index contributed by atoms with van der Waals surface area (Å²) in [6, 6.07) is 18.1. The fourth-order valence-electron chi connectivity index (χ4n) is 7.69. The molecule has 3 aliphatic rings. The highest BCUT2D eigenvalue weighted by atomic mass is 35.5. The normalized spacial score (nSPS) is 22.6. The second-order valence-electron chi connectivity index (χ2n) is 12.6. The van der Waals surface area contributed by atoms with E-state index in [1.807, 2.05) is 23.1 Å². The van der Waals surface area contributed by atoms with Crippen LogP contribution in [0.4, 0.5) is 0 Å². The summed E-state index contributed by atoms with van der Waals surface area (Å²) in [6.07, 6.45) is 10.8. The quantitative estimate of drug-likeness (QED) is 0.267. The molecule has 0 N–H and O–H groups in total. The second-order valence-corrected chi connectivity index (χ2v) is 13.5. The summed E-state index contributed by atoms with van der Waals surface area (Å²) in [5.74, 6) is 0.327. The van der Waals surface area contributed by atoms with Crippen LogP contribution < -0.4 is 0 Å². The predicted molar refractivity (Wildman–Crippen MR) is 171 cm³/mol. The van der Waals surface area contributed by atoms with Crippen molar-refractivity contribution in [2.24, 2.45) is 0 Å². The lowest BCUT2D eigenvalue weighted by Gasteiger charge is -2.45. The van der Waals surface area contributed by atoms with Gasteiger partial charge in [0.1, 0.15) is 6.26 Å². The summed E-state index contributed by atoms with van der Waals surface area (Å²) < 4.78 is 5.20. The van der Waals surface area contributed by atoms with Crippen LogP contribution in [-0.2, 0) is 15.6 Å². The number of rotatable bonds is 8. The van der Waals surface area contributed by atoms with Gasteiger partial charge in [0.25, 0.3) is 5.91 Å². The van der Waals surface area contributed by atoms with Crippen molar-refractivity contribution in [3.63, 3.8) is 0 Å². The first-order chi connectivity index (χ1) is 20.9. The fraction of sp³-hybridized carbons (Fsp3) is 0.486. The van der Waals surface area contributed by atoms with E-state index >= 15 is 0 Å². The number of piperidine rings is 2. The number of likely N-dealkylation sites (tertiary alicyclic amines) is 3. The minimum atomic E-state index is -0.430. The Balaban J connectivity index is 1.15. The van der Waals surface area contributed by atoms with Crippen molar-refractivity contribution in [1.29, 1.82) is 0 Å². The summed E-state index contributed by atoms with van der Waals surface area (Å²) >= 11 is 12.8. The molecule has 3 aromatic rings. The topological polar surface area (TPSA) is 57.0 Å². The van der Waals surface area contributed by atoms with Crippen molar-refractivity contribution in [2.75, 3.05) is 45.8 Å². The van der Waals surface area contributed by atoms with Crippen LogP contribution in [0.25, 0.3) is 0 Å². The molecule has 0 aliphatic carbocycles. The van der Waals surface area contributed by atoms with Gasteiger partial charge >= 0.3 is 0 Å². The Morgan fingerprint density at radius 3 is 2.23 bits per heavy atom. The van der Waals surface area contributed by atoms with E-state index in [4.69, 9.17) is 27.6 Å². The maximum absolute atomic E-state index is 13.9. The molecule has 0 spiro atoms. The monoisotopic (exact) mass is 621 g/mol. The number of hydrogen-bond donors (Lipinski definition) is 0. The summed E-state index contributed by atoms with van der Waals surface area (Å²) in [5.41, 5.74) is 2.25. The lowest BCUT2D eigenvalue weighted by atomic mass is 9.70. The Morgan fingerprint density at radius 2 is 1.53 bits per heavy atom. The summed E-state index contributed by atoms with van der Waals surface area (Å²) in [5, 5.41) is 1.09. The minimum Gasteiger partial charge on any atom is -0.472 e. The van der Waals surface area contributed by atoms with E-state index in [-0.39, 0.29) is 11.3 Å². The highest BCUT2D eigenvalue weighted by Gasteiger charge is 2.45. The van der Waals surface area contributed by atoms with E-state index in [1.165, 1.54) is 6.26 Å². The van der Waals surface area contributed by atoms with Gasteiger partial charge in [-0.05, 0) is 100 Å².